The predicted molar refractivity (Wildman–Crippen MR) is 78.7 cm³/mol. The highest BCUT2D eigenvalue weighted by Crippen LogP contribution is 2.45. The Hall–Kier alpha value is -0.585. The summed E-state index contributed by atoms with van der Waals surface area (Å²) < 4.78 is 0. The van der Waals surface area contributed by atoms with Gasteiger partial charge in [-0.1, -0.05) is 12.7 Å². The first kappa shape index (κ1) is 15.8. The lowest BCUT2D eigenvalue weighted by atomic mass is 9.63. The Kier molecular flexibility index (Phi) is 5.10. The Labute approximate surface area is 121 Å². The minimum absolute atomic E-state index is 0.115. The van der Waals surface area contributed by atoms with E-state index >= 15 is 0 Å². The van der Waals surface area contributed by atoms with E-state index in [0.717, 1.165) is 38.6 Å². The number of nitrogens with one attached hydrogen (secondary N) is 2. The molecule has 2 rings (SSSR count). The van der Waals surface area contributed by atoms with Gasteiger partial charge in [0.05, 0.1) is 0 Å². The average molecular weight is 281 g/mol. The lowest BCUT2D eigenvalue weighted by molar-refractivity contribution is -0.150. The van der Waals surface area contributed by atoms with Crippen LogP contribution in [0.5, 0.6) is 0 Å². The molecule has 1 heterocycles. The SMILES string of the molecule is CNC1(C(=O)O)CCC2(CCCN2)CC1CCC[B]O. The van der Waals surface area contributed by atoms with Crippen molar-refractivity contribution in [2.24, 2.45) is 5.92 Å². The molecule has 0 aromatic heterocycles. The summed E-state index contributed by atoms with van der Waals surface area (Å²) in [6.07, 6.45) is 7.21. The summed E-state index contributed by atoms with van der Waals surface area (Å²) in [5.41, 5.74) is -0.644. The molecule has 1 radical (unpaired) electrons. The maximum absolute atomic E-state index is 11.8. The van der Waals surface area contributed by atoms with E-state index in [2.05, 4.69) is 10.6 Å². The summed E-state index contributed by atoms with van der Waals surface area (Å²) in [5.74, 6) is -0.616. The summed E-state index contributed by atoms with van der Waals surface area (Å²) >= 11 is 0. The molecule has 0 aromatic carbocycles. The molecule has 0 bridgehead atoms. The molecule has 1 aliphatic heterocycles. The molecule has 2 fully saturated rings. The highest BCUT2D eigenvalue weighted by molar-refractivity contribution is 6.25. The van der Waals surface area contributed by atoms with Crippen molar-refractivity contribution in [1.82, 2.24) is 10.6 Å². The second kappa shape index (κ2) is 6.45. The van der Waals surface area contributed by atoms with Crippen LogP contribution in [0, 0.1) is 5.92 Å². The third-order valence-electron chi connectivity index (χ3n) is 5.38. The van der Waals surface area contributed by atoms with Gasteiger partial charge in [0.15, 0.2) is 0 Å². The van der Waals surface area contributed by atoms with Gasteiger partial charge in [-0.25, -0.2) is 0 Å². The summed E-state index contributed by atoms with van der Waals surface area (Å²) in [4.78, 5) is 11.8. The number of carboxylic acid groups (broad SMARTS) is 1. The third kappa shape index (κ3) is 2.87. The monoisotopic (exact) mass is 281 g/mol. The Morgan fingerprint density at radius 3 is 2.80 bits per heavy atom. The summed E-state index contributed by atoms with van der Waals surface area (Å²) in [7, 11) is 2.94. The van der Waals surface area contributed by atoms with E-state index < -0.39 is 11.5 Å². The van der Waals surface area contributed by atoms with Crippen molar-refractivity contribution in [3.05, 3.63) is 0 Å². The molecule has 3 unspecified atom stereocenters. The van der Waals surface area contributed by atoms with Gasteiger partial charge in [-0.05, 0) is 58.0 Å². The van der Waals surface area contributed by atoms with Crippen LogP contribution in [0.25, 0.3) is 0 Å². The maximum atomic E-state index is 11.8. The number of likely N-dealkylation sites (N-methyl/N-ethyl adjacent to an activating group) is 1. The summed E-state index contributed by atoms with van der Waals surface area (Å²) in [5, 5.41) is 25.3. The standard InChI is InChI=1S/C14H26BN2O3/c1-16-14(12(18)19)7-6-13(5-3-9-17-13)10-11(14)4-2-8-15-20/h11,16-17,20H,2-10H2,1H3,(H,18,19). The molecule has 5 nitrogen and oxygen atoms in total. The van der Waals surface area contributed by atoms with E-state index in [9.17, 15) is 9.90 Å². The van der Waals surface area contributed by atoms with E-state index in [4.69, 9.17) is 5.02 Å². The number of hydrogen-bond donors (Lipinski definition) is 4. The molecule has 1 aliphatic carbocycles. The molecule has 0 aromatic rings. The van der Waals surface area contributed by atoms with Gasteiger partial charge in [0.1, 0.15) is 5.54 Å². The molecule has 6 heteroatoms. The fourth-order valence-electron chi connectivity index (χ4n) is 4.17. The third-order valence-corrected chi connectivity index (χ3v) is 5.38. The van der Waals surface area contributed by atoms with Crippen LogP contribution in [0.2, 0.25) is 6.32 Å². The van der Waals surface area contributed by atoms with Gasteiger partial charge in [0, 0.05) is 5.54 Å². The first-order chi connectivity index (χ1) is 9.58. The topological polar surface area (TPSA) is 81.6 Å². The molecule has 0 amide bonds. The first-order valence-corrected chi connectivity index (χ1v) is 7.72. The number of rotatable bonds is 6. The molecule has 3 atom stereocenters. The van der Waals surface area contributed by atoms with E-state index in [1.54, 1.807) is 7.05 Å². The normalized spacial score (nSPS) is 37.2. The zero-order valence-corrected chi connectivity index (χ0v) is 12.3. The Morgan fingerprint density at radius 1 is 1.45 bits per heavy atom. The smallest absolute Gasteiger partial charge is 0.324 e. The fourth-order valence-corrected chi connectivity index (χ4v) is 4.17. The largest absolute Gasteiger partial charge is 0.480 e. The molecule has 4 N–H and O–H groups in total. The van der Waals surface area contributed by atoms with Gasteiger partial charge in [-0.15, -0.1) is 0 Å². The van der Waals surface area contributed by atoms with Crippen LogP contribution >= 0.6 is 0 Å². The predicted octanol–water partition coefficient (Wildman–Crippen LogP) is 0.761. The minimum Gasteiger partial charge on any atom is -0.480 e. The van der Waals surface area contributed by atoms with E-state index in [0.29, 0.717) is 12.7 Å². The minimum atomic E-state index is -0.801. The van der Waals surface area contributed by atoms with Crippen molar-refractivity contribution in [1.29, 1.82) is 0 Å². The molecule has 2 aliphatic rings. The van der Waals surface area contributed by atoms with Crippen molar-refractivity contribution < 1.29 is 14.9 Å². The lowest BCUT2D eigenvalue weighted by Gasteiger charge is -2.48. The second-order valence-electron chi connectivity index (χ2n) is 6.35. The molecular weight excluding hydrogens is 255 g/mol. The maximum Gasteiger partial charge on any atom is 0.324 e. The Balaban J connectivity index is 2.13. The second-order valence-corrected chi connectivity index (χ2v) is 6.35. The van der Waals surface area contributed by atoms with Crippen molar-refractivity contribution in [3.63, 3.8) is 0 Å². The number of hydrogen-bond acceptors (Lipinski definition) is 4. The van der Waals surface area contributed by atoms with Crippen LogP contribution in [-0.4, -0.2) is 48.3 Å². The van der Waals surface area contributed by atoms with Crippen LogP contribution < -0.4 is 10.6 Å². The van der Waals surface area contributed by atoms with Crippen molar-refractivity contribution in [2.75, 3.05) is 13.6 Å². The highest BCUT2D eigenvalue weighted by atomic mass is 16.4. The van der Waals surface area contributed by atoms with Gasteiger partial charge in [0.2, 0.25) is 0 Å². The molecule has 1 spiro atoms. The molecule has 113 valence electrons. The number of carbonyl (C=O) groups is 1. The zero-order valence-electron chi connectivity index (χ0n) is 12.3. The number of aliphatic carboxylic acids is 1. The summed E-state index contributed by atoms with van der Waals surface area (Å²) in [6.45, 7) is 1.05. The highest BCUT2D eigenvalue weighted by Gasteiger charge is 2.53. The average Bonchev–Trinajstić information content (AvgIpc) is 2.88. The Bertz CT molecular complexity index is 347. The number of carboxylic acids is 1. The first-order valence-electron chi connectivity index (χ1n) is 7.72. The van der Waals surface area contributed by atoms with Crippen LogP contribution in [0.3, 0.4) is 0 Å². The van der Waals surface area contributed by atoms with Crippen LogP contribution in [0.4, 0.5) is 0 Å². The van der Waals surface area contributed by atoms with Crippen molar-refractivity contribution in [2.45, 2.75) is 62.3 Å². The molecular formula is C14H26BN2O3. The molecule has 20 heavy (non-hydrogen) atoms. The lowest BCUT2D eigenvalue weighted by Crippen LogP contribution is -2.63. The van der Waals surface area contributed by atoms with Gasteiger partial charge >= 0.3 is 5.97 Å². The van der Waals surface area contributed by atoms with Crippen LogP contribution in [0.1, 0.15) is 44.9 Å². The van der Waals surface area contributed by atoms with Crippen molar-refractivity contribution in [3.8, 4) is 0 Å². The van der Waals surface area contributed by atoms with Crippen LogP contribution in [-0.2, 0) is 4.79 Å². The van der Waals surface area contributed by atoms with Gasteiger partial charge in [-0.2, -0.15) is 0 Å². The van der Waals surface area contributed by atoms with E-state index in [1.165, 1.54) is 13.9 Å². The zero-order chi connectivity index (χ0) is 14.6. The fraction of sp³-hybridized carbons (Fsp3) is 0.929. The van der Waals surface area contributed by atoms with Crippen molar-refractivity contribution >= 4 is 13.5 Å². The van der Waals surface area contributed by atoms with Crippen LogP contribution in [0.15, 0.2) is 0 Å². The van der Waals surface area contributed by atoms with Gasteiger partial charge < -0.3 is 20.8 Å². The molecule has 1 saturated carbocycles. The van der Waals surface area contributed by atoms with Gasteiger partial charge in [0.25, 0.3) is 7.48 Å². The van der Waals surface area contributed by atoms with E-state index in [1.807, 2.05) is 0 Å². The molecule has 1 saturated heterocycles. The summed E-state index contributed by atoms with van der Waals surface area (Å²) in [6, 6.07) is 0. The van der Waals surface area contributed by atoms with Gasteiger partial charge in [-0.3, -0.25) is 4.79 Å². The van der Waals surface area contributed by atoms with E-state index in [-0.39, 0.29) is 11.5 Å². The Morgan fingerprint density at radius 2 is 2.25 bits per heavy atom. The quantitative estimate of drug-likeness (QED) is 0.427.